The number of rotatable bonds is 6. The van der Waals surface area contributed by atoms with Gasteiger partial charge in [-0.25, -0.2) is 5.01 Å². The van der Waals surface area contributed by atoms with Gasteiger partial charge in [-0.3, -0.25) is 24.7 Å². The molecule has 0 bridgehead atoms. The standard InChI is InChI=1S/C24H18Cl2N4O3S/c25-16-12-10-15(11-13-16)22(32)28-30-20(14-21(31)27-19-9-5-4-8-18(19)26)23(33)29(24(30)34)17-6-2-1-3-7-17/h1-13,20H,14H2,(H,27,31)(H,28,32). The molecule has 0 radical (unpaired) electrons. The topological polar surface area (TPSA) is 81.8 Å². The van der Waals surface area contributed by atoms with E-state index in [1.54, 1.807) is 72.8 Å². The van der Waals surface area contributed by atoms with Crippen LogP contribution >= 0.6 is 35.4 Å². The van der Waals surface area contributed by atoms with Crippen molar-refractivity contribution in [2.75, 3.05) is 10.2 Å². The largest absolute Gasteiger partial charge is 0.325 e. The number of hydrogen-bond acceptors (Lipinski definition) is 4. The Morgan fingerprint density at radius 3 is 2.24 bits per heavy atom. The van der Waals surface area contributed by atoms with Gasteiger partial charge in [0.15, 0.2) is 0 Å². The van der Waals surface area contributed by atoms with Gasteiger partial charge in [-0.15, -0.1) is 0 Å². The minimum Gasteiger partial charge on any atom is -0.325 e. The first-order valence-corrected chi connectivity index (χ1v) is 11.3. The molecule has 1 fully saturated rings. The summed E-state index contributed by atoms with van der Waals surface area (Å²) < 4.78 is 0. The van der Waals surface area contributed by atoms with Crippen LogP contribution in [0.2, 0.25) is 10.0 Å². The second-order valence-electron chi connectivity index (χ2n) is 7.36. The van der Waals surface area contributed by atoms with Gasteiger partial charge in [0.25, 0.3) is 11.8 Å². The molecule has 34 heavy (non-hydrogen) atoms. The smallest absolute Gasteiger partial charge is 0.269 e. The highest BCUT2D eigenvalue weighted by Gasteiger charge is 2.45. The van der Waals surface area contributed by atoms with Gasteiger partial charge in [0.2, 0.25) is 11.0 Å². The lowest BCUT2D eigenvalue weighted by atomic mass is 10.1. The molecule has 1 aliphatic rings. The molecule has 10 heteroatoms. The predicted octanol–water partition coefficient (Wildman–Crippen LogP) is 4.67. The van der Waals surface area contributed by atoms with Gasteiger partial charge in [-0.2, -0.15) is 0 Å². The number of anilines is 2. The number of hydrazine groups is 1. The number of para-hydroxylation sites is 2. The zero-order chi connectivity index (χ0) is 24.2. The number of carbonyl (C=O) groups is 3. The molecule has 7 nitrogen and oxygen atoms in total. The van der Waals surface area contributed by atoms with Crippen molar-refractivity contribution in [2.45, 2.75) is 12.5 Å². The molecule has 0 aromatic heterocycles. The number of nitrogens with one attached hydrogen (secondary N) is 2. The van der Waals surface area contributed by atoms with Crippen molar-refractivity contribution in [3.05, 3.63) is 94.5 Å². The maximum atomic E-state index is 13.4. The molecule has 0 spiro atoms. The van der Waals surface area contributed by atoms with Crippen LogP contribution in [0.1, 0.15) is 16.8 Å². The third-order valence-corrected chi connectivity index (χ3v) is 6.04. The Balaban J connectivity index is 1.60. The minimum absolute atomic E-state index is 0.0501. The quantitative estimate of drug-likeness (QED) is 0.469. The highest BCUT2D eigenvalue weighted by molar-refractivity contribution is 7.80. The zero-order valence-corrected chi connectivity index (χ0v) is 19.9. The van der Waals surface area contributed by atoms with Crippen LogP contribution < -0.4 is 15.6 Å². The van der Waals surface area contributed by atoms with E-state index in [2.05, 4.69) is 10.7 Å². The number of hydrogen-bond donors (Lipinski definition) is 2. The second kappa shape index (κ2) is 10.2. The maximum Gasteiger partial charge on any atom is 0.269 e. The van der Waals surface area contributed by atoms with Crippen LogP contribution in [0.5, 0.6) is 0 Å². The van der Waals surface area contributed by atoms with E-state index < -0.39 is 23.8 Å². The molecule has 2 N–H and O–H groups in total. The Morgan fingerprint density at radius 2 is 1.56 bits per heavy atom. The minimum atomic E-state index is -1.06. The van der Waals surface area contributed by atoms with Crippen LogP contribution in [-0.2, 0) is 9.59 Å². The first-order valence-electron chi connectivity index (χ1n) is 10.2. The summed E-state index contributed by atoms with van der Waals surface area (Å²) in [6.45, 7) is 0. The molecule has 0 aliphatic carbocycles. The van der Waals surface area contributed by atoms with Gasteiger partial charge in [-0.05, 0) is 60.7 Å². The van der Waals surface area contributed by atoms with Crippen molar-refractivity contribution in [1.82, 2.24) is 10.4 Å². The molecular formula is C24H18Cl2N4O3S. The van der Waals surface area contributed by atoms with Gasteiger partial charge in [-0.1, -0.05) is 53.5 Å². The highest BCUT2D eigenvalue weighted by Crippen LogP contribution is 2.27. The molecule has 3 aromatic rings. The van der Waals surface area contributed by atoms with E-state index >= 15 is 0 Å². The summed E-state index contributed by atoms with van der Waals surface area (Å²) in [5.74, 6) is -1.41. The maximum absolute atomic E-state index is 13.4. The fraction of sp³-hybridized carbons (Fsp3) is 0.0833. The molecule has 4 rings (SSSR count). The number of thiocarbonyl (C=S) groups is 1. The lowest BCUT2D eigenvalue weighted by Crippen LogP contribution is -2.49. The average Bonchev–Trinajstić information content (AvgIpc) is 3.05. The van der Waals surface area contributed by atoms with Gasteiger partial charge in [0.1, 0.15) is 6.04 Å². The van der Waals surface area contributed by atoms with Gasteiger partial charge in [0.05, 0.1) is 22.8 Å². The van der Waals surface area contributed by atoms with E-state index in [1.807, 2.05) is 6.07 Å². The number of nitrogens with zero attached hydrogens (tertiary/aromatic N) is 2. The molecule has 1 saturated heterocycles. The first-order chi connectivity index (χ1) is 16.3. The van der Waals surface area contributed by atoms with Crippen molar-refractivity contribution in [3.63, 3.8) is 0 Å². The fourth-order valence-electron chi connectivity index (χ4n) is 3.43. The lowest BCUT2D eigenvalue weighted by Gasteiger charge is -2.24. The highest BCUT2D eigenvalue weighted by atomic mass is 35.5. The van der Waals surface area contributed by atoms with Crippen LogP contribution in [0.25, 0.3) is 0 Å². The van der Waals surface area contributed by atoms with Crippen LogP contribution in [0.3, 0.4) is 0 Å². The lowest BCUT2D eigenvalue weighted by molar-refractivity contribution is -0.124. The van der Waals surface area contributed by atoms with Gasteiger partial charge < -0.3 is 5.32 Å². The average molecular weight is 513 g/mol. The molecule has 0 saturated carbocycles. The molecule has 1 heterocycles. The Hall–Kier alpha value is -3.46. The normalized spacial score (nSPS) is 15.4. The van der Waals surface area contributed by atoms with Gasteiger partial charge in [0, 0.05) is 10.6 Å². The summed E-state index contributed by atoms with van der Waals surface area (Å²) in [6.07, 6.45) is -0.269. The monoisotopic (exact) mass is 512 g/mol. The van der Waals surface area contributed by atoms with E-state index in [1.165, 1.54) is 9.91 Å². The number of halogens is 2. The predicted molar refractivity (Wildman–Crippen MR) is 136 cm³/mol. The van der Waals surface area contributed by atoms with Crippen molar-refractivity contribution in [3.8, 4) is 0 Å². The number of amides is 3. The molecule has 1 aliphatic heterocycles. The summed E-state index contributed by atoms with van der Waals surface area (Å²) in [4.78, 5) is 40.4. The summed E-state index contributed by atoms with van der Waals surface area (Å²) in [7, 11) is 0. The van der Waals surface area contributed by atoms with E-state index in [-0.39, 0.29) is 11.5 Å². The summed E-state index contributed by atoms with van der Waals surface area (Å²) >= 11 is 17.6. The van der Waals surface area contributed by atoms with Crippen molar-refractivity contribution in [1.29, 1.82) is 0 Å². The molecule has 3 aromatic carbocycles. The molecule has 1 unspecified atom stereocenters. The zero-order valence-electron chi connectivity index (χ0n) is 17.6. The Kier molecular flexibility index (Phi) is 7.12. The summed E-state index contributed by atoms with van der Waals surface area (Å²) in [5.41, 5.74) is 3.92. The SMILES string of the molecule is O=C(CC1C(=O)N(c2ccccc2)C(=S)N1NC(=O)c1ccc(Cl)cc1)Nc1ccccc1Cl. The van der Waals surface area contributed by atoms with E-state index in [0.29, 0.717) is 27.0 Å². The van der Waals surface area contributed by atoms with Crippen LogP contribution in [0.15, 0.2) is 78.9 Å². The Bertz CT molecular complexity index is 1250. The fourth-order valence-corrected chi connectivity index (χ4v) is 4.11. The summed E-state index contributed by atoms with van der Waals surface area (Å²) in [5, 5.41) is 4.84. The first kappa shape index (κ1) is 23.7. The van der Waals surface area contributed by atoms with Crippen molar-refractivity contribution >= 4 is 69.6 Å². The van der Waals surface area contributed by atoms with Crippen LogP contribution in [0, 0.1) is 0 Å². The summed E-state index contributed by atoms with van der Waals surface area (Å²) in [6, 6.07) is 20.7. The van der Waals surface area contributed by atoms with Crippen LogP contribution in [0.4, 0.5) is 11.4 Å². The second-order valence-corrected chi connectivity index (χ2v) is 8.57. The molecule has 1 atom stereocenters. The van der Waals surface area contributed by atoms with Crippen molar-refractivity contribution < 1.29 is 14.4 Å². The van der Waals surface area contributed by atoms with Crippen LogP contribution in [-0.4, -0.2) is 33.9 Å². The third-order valence-electron chi connectivity index (χ3n) is 5.08. The third kappa shape index (κ3) is 5.04. The Morgan fingerprint density at radius 1 is 0.912 bits per heavy atom. The van der Waals surface area contributed by atoms with Gasteiger partial charge >= 0.3 is 0 Å². The molecule has 172 valence electrons. The number of benzene rings is 3. The number of carbonyl (C=O) groups excluding carboxylic acids is 3. The Labute approximate surface area is 211 Å². The van der Waals surface area contributed by atoms with E-state index in [0.717, 1.165) is 0 Å². The van der Waals surface area contributed by atoms with Crippen molar-refractivity contribution in [2.24, 2.45) is 0 Å². The molecule has 3 amide bonds. The van der Waals surface area contributed by atoms with E-state index in [9.17, 15) is 14.4 Å². The van der Waals surface area contributed by atoms with E-state index in [4.69, 9.17) is 35.4 Å². The molecular weight excluding hydrogens is 495 g/mol.